The Kier molecular flexibility index (Phi) is 4.83. The Balaban J connectivity index is 1.78. The lowest BCUT2D eigenvalue weighted by atomic mass is 9.98. The summed E-state index contributed by atoms with van der Waals surface area (Å²) in [6.45, 7) is 8.27. The Hall–Kier alpha value is -0.120. The fourth-order valence-electron chi connectivity index (χ4n) is 2.80. The summed E-state index contributed by atoms with van der Waals surface area (Å²) in [5.74, 6) is 0.736. The topological polar surface area (TPSA) is 24.5 Å². The quantitative estimate of drug-likeness (QED) is 0.767. The van der Waals surface area contributed by atoms with Crippen LogP contribution in [0.3, 0.4) is 0 Å². The molecule has 1 saturated carbocycles. The second kappa shape index (κ2) is 6.17. The smallest absolute Gasteiger partial charge is 0.0595 e. The predicted octanol–water partition coefficient (Wildman–Crippen LogP) is 1.87. The third kappa shape index (κ3) is 3.94. The number of likely N-dealkylation sites (tertiary alicyclic amines) is 1. The lowest BCUT2D eigenvalue weighted by Gasteiger charge is -2.39. The van der Waals surface area contributed by atoms with Gasteiger partial charge in [-0.1, -0.05) is 13.8 Å². The van der Waals surface area contributed by atoms with E-state index >= 15 is 0 Å². The molecule has 100 valence electrons. The fourth-order valence-corrected chi connectivity index (χ4v) is 2.80. The zero-order valence-electron chi connectivity index (χ0n) is 11.6. The van der Waals surface area contributed by atoms with Gasteiger partial charge in [-0.3, -0.25) is 4.90 Å². The minimum absolute atomic E-state index is 0.496. The molecular weight excluding hydrogens is 212 g/mol. The molecule has 1 saturated heterocycles. The normalized spacial score (nSPS) is 25.4. The van der Waals surface area contributed by atoms with Crippen molar-refractivity contribution in [3.05, 3.63) is 0 Å². The molecule has 0 aromatic heterocycles. The molecule has 2 rings (SSSR count). The molecule has 2 aliphatic rings. The van der Waals surface area contributed by atoms with Crippen LogP contribution in [0.2, 0.25) is 0 Å². The van der Waals surface area contributed by atoms with Crippen LogP contribution in [0.4, 0.5) is 0 Å². The molecule has 0 aromatic carbocycles. The lowest BCUT2D eigenvalue weighted by Crippen LogP contribution is -2.50. The second-order valence-corrected chi connectivity index (χ2v) is 5.96. The maximum atomic E-state index is 5.45. The van der Waals surface area contributed by atoms with Crippen molar-refractivity contribution >= 4 is 0 Å². The minimum Gasteiger partial charge on any atom is -0.381 e. The Morgan fingerprint density at radius 2 is 1.82 bits per heavy atom. The van der Waals surface area contributed by atoms with E-state index in [1.54, 1.807) is 0 Å². The Morgan fingerprint density at radius 3 is 2.29 bits per heavy atom. The highest BCUT2D eigenvalue weighted by atomic mass is 16.5. The number of ether oxygens (including phenoxy) is 1. The van der Waals surface area contributed by atoms with Crippen molar-refractivity contribution in [3.63, 3.8) is 0 Å². The van der Waals surface area contributed by atoms with Gasteiger partial charge in [-0.05, 0) is 31.6 Å². The van der Waals surface area contributed by atoms with Crippen molar-refractivity contribution in [3.8, 4) is 0 Å². The summed E-state index contributed by atoms with van der Waals surface area (Å²) in [4.78, 5) is 2.66. The molecule has 1 unspecified atom stereocenters. The number of rotatable bonds is 6. The molecule has 1 heterocycles. The van der Waals surface area contributed by atoms with Gasteiger partial charge in [0, 0.05) is 38.8 Å². The SMILES string of the molecule is COC1CCN(C(CNC2CC2)C(C)C)CC1. The first-order valence-electron chi connectivity index (χ1n) is 7.21. The number of nitrogens with zero attached hydrogens (tertiary/aromatic N) is 1. The van der Waals surface area contributed by atoms with E-state index < -0.39 is 0 Å². The van der Waals surface area contributed by atoms with Gasteiger partial charge in [-0.15, -0.1) is 0 Å². The third-order valence-corrected chi connectivity index (χ3v) is 4.24. The first kappa shape index (κ1) is 13.3. The summed E-state index contributed by atoms with van der Waals surface area (Å²) in [7, 11) is 1.84. The molecule has 1 aliphatic carbocycles. The highest BCUT2D eigenvalue weighted by molar-refractivity contribution is 4.87. The highest BCUT2D eigenvalue weighted by Gasteiger charge is 2.29. The number of nitrogens with one attached hydrogen (secondary N) is 1. The van der Waals surface area contributed by atoms with Crippen LogP contribution in [-0.4, -0.2) is 49.8 Å². The van der Waals surface area contributed by atoms with Crippen LogP contribution in [0.1, 0.15) is 39.5 Å². The van der Waals surface area contributed by atoms with E-state index in [-0.39, 0.29) is 0 Å². The molecule has 0 bridgehead atoms. The zero-order valence-corrected chi connectivity index (χ0v) is 11.6. The van der Waals surface area contributed by atoms with Crippen molar-refractivity contribution in [1.82, 2.24) is 10.2 Å². The van der Waals surface area contributed by atoms with E-state index in [4.69, 9.17) is 4.74 Å². The average Bonchev–Trinajstić information content (AvgIpc) is 3.14. The van der Waals surface area contributed by atoms with Crippen LogP contribution in [0.25, 0.3) is 0 Å². The maximum absolute atomic E-state index is 5.45. The Labute approximate surface area is 106 Å². The first-order chi connectivity index (χ1) is 8.20. The Bertz CT molecular complexity index is 220. The summed E-state index contributed by atoms with van der Waals surface area (Å²) in [5, 5.41) is 3.69. The number of hydrogen-bond donors (Lipinski definition) is 1. The molecule has 3 heteroatoms. The van der Waals surface area contributed by atoms with Gasteiger partial charge >= 0.3 is 0 Å². The molecule has 0 aromatic rings. The highest BCUT2D eigenvalue weighted by Crippen LogP contribution is 2.22. The molecule has 17 heavy (non-hydrogen) atoms. The average molecular weight is 240 g/mol. The largest absolute Gasteiger partial charge is 0.381 e. The van der Waals surface area contributed by atoms with Crippen molar-refractivity contribution < 1.29 is 4.74 Å². The van der Waals surface area contributed by atoms with Gasteiger partial charge in [0.2, 0.25) is 0 Å². The summed E-state index contributed by atoms with van der Waals surface area (Å²) >= 11 is 0. The van der Waals surface area contributed by atoms with Gasteiger partial charge in [-0.2, -0.15) is 0 Å². The molecular formula is C14H28N2O. The van der Waals surface area contributed by atoms with Gasteiger partial charge in [-0.25, -0.2) is 0 Å². The van der Waals surface area contributed by atoms with Crippen LogP contribution in [0.15, 0.2) is 0 Å². The zero-order chi connectivity index (χ0) is 12.3. The fraction of sp³-hybridized carbons (Fsp3) is 1.00. The molecule has 2 fully saturated rings. The number of hydrogen-bond acceptors (Lipinski definition) is 3. The van der Waals surface area contributed by atoms with E-state index in [1.807, 2.05) is 7.11 Å². The van der Waals surface area contributed by atoms with Gasteiger partial charge in [0.15, 0.2) is 0 Å². The maximum Gasteiger partial charge on any atom is 0.0595 e. The van der Waals surface area contributed by atoms with E-state index in [9.17, 15) is 0 Å². The van der Waals surface area contributed by atoms with Gasteiger partial charge in [0.05, 0.1) is 6.10 Å². The van der Waals surface area contributed by atoms with E-state index in [0.29, 0.717) is 12.1 Å². The monoisotopic (exact) mass is 240 g/mol. The summed E-state index contributed by atoms with van der Waals surface area (Å²) in [6, 6.07) is 1.53. The van der Waals surface area contributed by atoms with E-state index in [1.165, 1.54) is 45.3 Å². The first-order valence-corrected chi connectivity index (χ1v) is 7.21. The van der Waals surface area contributed by atoms with Gasteiger partial charge in [0.1, 0.15) is 0 Å². The van der Waals surface area contributed by atoms with Gasteiger partial charge < -0.3 is 10.1 Å². The van der Waals surface area contributed by atoms with Gasteiger partial charge in [0.25, 0.3) is 0 Å². The Morgan fingerprint density at radius 1 is 1.18 bits per heavy atom. The number of methoxy groups -OCH3 is 1. The van der Waals surface area contributed by atoms with Crippen LogP contribution >= 0.6 is 0 Å². The van der Waals surface area contributed by atoms with Crippen LogP contribution in [-0.2, 0) is 4.74 Å². The van der Waals surface area contributed by atoms with E-state index in [0.717, 1.165) is 12.0 Å². The van der Waals surface area contributed by atoms with Crippen molar-refractivity contribution in [2.45, 2.75) is 57.7 Å². The molecule has 1 aliphatic heterocycles. The molecule has 0 spiro atoms. The van der Waals surface area contributed by atoms with Crippen LogP contribution < -0.4 is 5.32 Å². The van der Waals surface area contributed by atoms with Crippen LogP contribution in [0.5, 0.6) is 0 Å². The molecule has 3 nitrogen and oxygen atoms in total. The van der Waals surface area contributed by atoms with Crippen molar-refractivity contribution in [1.29, 1.82) is 0 Å². The van der Waals surface area contributed by atoms with Crippen molar-refractivity contribution in [2.24, 2.45) is 5.92 Å². The summed E-state index contributed by atoms with van der Waals surface area (Å²) in [6.07, 6.45) is 5.66. The minimum atomic E-state index is 0.496. The molecule has 0 amide bonds. The molecule has 1 N–H and O–H groups in total. The second-order valence-electron chi connectivity index (χ2n) is 5.96. The summed E-state index contributed by atoms with van der Waals surface area (Å²) < 4.78 is 5.45. The standard InChI is InChI=1S/C14H28N2O/c1-11(2)14(10-15-12-4-5-12)16-8-6-13(17-3)7-9-16/h11-15H,4-10H2,1-3H3. The number of piperidine rings is 1. The lowest BCUT2D eigenvalue weighted by molar-refractivity contribution is 0.0193. The molecule has 0 radical (unpaired) electrons. The van der Waals surface area contributed by atoms with E-state index in [2.05, 4.69) is 24.1 Å². The predicted molar refractivity (Wildman–Crippen MR) is 71.3 cm³/mol. The van der Waals surface area contributed by atoms with Crippen LogP contribution in [0, 0.1) is 5.92 Å². The van der Waals surface area contributed by atoms with Crippen molar-refractivity contribution in [2.75, 3.05) is 26.7 Å². The third-order valence-electron chi connectivity index (χ3n) is 4.24. The summed E-state index contributed by atoms with van der Waals surface area (Å²) in [5.41, 5.74) is 0. The molecule has 1 atom stereocenters.